The average molecular weight is 577 g/mol. The van der Waals surface area contributed by atoms with Gasteiger partial charge in [-0.05, 0) is 72.2 Å². The molecule has 0 amide bonds. The molecule has 1 aromatic heterocycles. The summed E-state index contributed by atoms with van der Waals surface area (Å²) in [5.74, 6) is -0.0383. The molecular formula is C31H27F3N4O4. The molecule has 0 bridgehead atoms. The lowest BCUT2D eigenvalue weighted by Crippen LogP contribution is -2.36. The molecule has 1 fully saturated rings. The second kappa shape index (κ2) is 11.2. The molecule has 11 heteroatoms. The number of nitrogen functional groups attached to an aromatic ring is 1. The Bertz CT molecular complexity index is 1700. The number of aryl methyl sites for hydroxylation is 1. The lowest BCUT2D eigenvalue weighted by Gasteiger charge is -2.30. The number of Topliss-reactive ketones (excluding diaryl/α,β-unsaturated/α-hetero) is 1. The van der Waals surface area contributed by atoms with E-state index in [4.69, 9.17) is 19.9 Å². The van der Waals surface area contributed by atoms with Crippen LogP contribution in [0.4, 0.5) is 24.7 Å². The van der Waals surface area contributed by atoms with Gasteiger partial charge in [-0.3, -0.25) is 4.79 Å². The zero-order chi connectivity index (χ0) is 29.4. The maximum atomic E-state index is 14.0. The van der Waals surface area contributed by atoms with Crippen molar-refractivity contribution in [2.45, 2.75) is 20.0 Å². The molecule has 8 nitrogen and oxygen atoms in total. The Morgan fingerprint density at radius 2 is 1.83 bits per heavy atom. The number of carbonyl (C=O) groups excluding carboxylic acids is 1. The fourth-order valence-corrected chi connectivity index (χ4v) is 5.23. The van der Waals surface area contributed by atoms with Crippen molar-refractivity contribution in [3.63, 3.8) is 0 Å². The topological polar surface area (TPSA) is 91.8 Å². The monoisotopic (exact) mass is 576 g/mol. The third kappa shape index (κ3) is 5.30. The van der Waals surface area contributed by atoms with Crippen LogP contribution in [-0.4, -0.2) is 48.5 Å². The minimum Gasteiger partial charge on any atom is -0.454 e. The largest absolute Gasteiger partial charge is 0.454 e. The van der Waals surface area contributed by atoms with Gasteiger partial charge < -0.3 is 24.8 Å². The van der Waals surface area contributed by atoms with Crippen LogP contribution in [0.1, 0.15) is 27.0 Å². The molecule has 0 spiro atoms. The van der Waals surface area contributed by atoms with Crippen molar-refractivity contribution in [3.05, 3.63) is 94.4 Å². The van der Waals surface area contributed by atoms with Crippen molar-refractivity contribution in [1.29, 1.82) is 0 Å². The molecule has 2 heterocycles. The highest BCUT2D eigenvalue weighted by Crippen LogP contribution is 2.39. The van der Waals surface area contributed by atoms with Crippen molar-refractivity contribution in [2.75, 3.05) is 36.9 Å². The maximum Gasteiger partial charge on any atom is 0.387 e. The number of hydrogen-bond acceptors (Lipinski definition) is 7. The molecule has 1 aliphatic carbocycles. The van der Waals surface area contributed by atoms with Crippen LogP contribution < -0.4 is 20.1 Å². The summed E-state index contributed by atoms with van der Waals surface area (Å²) in [6, 6.07) is 14.6. The Balaban J connectivity index is 1.24. The van der Waals surface area contributed by atoms with Gasteiger partial charge in [0, 0.05) is 25.1 Å². The van der Waals surface area contributed by atoms with Gasteiger partial charge in [0.05, 0.1) is 36.3 Å². The van der Waals surface area contributed by atoms with Crippen LogP contribution >= 0.6 is 0 Å². The van der Waals surface area contributed by atoms with Gasteiger partial charge in [0.25, 0.3) is 0 Å². The van der Waals surface area contributed by atoms with Gasteiger partial charge in [-0.15, -0.1) is 0 Å². The fourth-order valence-electron chi connectivity index (χ4n) is 5.23. The van der Waals surface area contributed by atoms with Crippen molar-refractivity contribution >= 4 is 23.4 Å². The van der Waals surface area contributed by atoms with Crippen molar-refractivity contribution < 1.29 is 32.2 Å². The molecule has 0 atom stereocenters. The molecular weight excluding hydrogens is 549 g/mol. The number of fused-ring (bicyclic) bond motifs is 1. The Kier molecular flexibility index (Phi) is 7.34. The quantitative estimate of drug-likeness (QED) is 0.259. The molecule has 1 aliphatic heterocycles. The highest BCUT2D eigenvalue weighted by atomic mass is 19.3. The van der Waals surface area contributed by atoms with Crippen LogP contribution in [-0.2, 0) is 11.2 Å². The summed E-state index contributed by atoms with van der Waals surface area (Å²) in [6.45, 7) is 0.900. The highest BCUT2D eigenvalue weighted by molar-refractivity contribution is 6.15. The lowest BCUT2D eigenvalue weighted by atomic mass is 10.0. The van der Waals surface area contributed by atoms with Gasteiger partial charge in [-0.2, -0.15) is 13.9 Å². The molecule has 0 radical (unpaired) electrons. The van der Waals surface area contributed by atoms with Gasteiger partial charge in [0.1, 0.15) is 17.3 Å². The Morgan fingerprint density at radius 1 is 1.05 bits per heavy atom. The van der Waals surface area contributed by atoms with E-state index < -0.39 is 12.4 Å². The van der Waals surface area contributed by atoms with E-state index in [1.165, 1.54) is 23.0 Å². The van der Waals surface area contributed by atoms with Crippen LogP contribution in [0.3, 0.4) is 0 Å². The first kappa shape index (κ1) is 27.4. The molecule has 2 N–H and O–H groups in total. The van der Waals surface area contributed by atoms with Crippen molar-refractivity contribution in [2.24, 2.45) is 0 Å². The smallest absolute Gasteiger partial charge is 0.387 e. The number of nitrogens with two attached hydrogens (primary N) is 1. The number of hydrogen-bond donors (Lipinski definition) is 1. The summed E-state index contributed by atoms with van der Waals surface area (Å²) in [5.41, 5.74) is 10.5. The van der Waals surface area contributed by atoms with Crippen LogP contribution in [0.25, 0.3) is 11.8 Å². The first-order chi connectivity index (χ1) is 20.3. The van der Waals surface area contributed by atoms with E-state index in [9.17, 15) is 18.0 Å². The number of morpholine rings is 1. The second-order valence-corrected chi connectivity index (χ2v) is 10.0. The zero-order valence-corrected chi connectivity index (χ0v) is 22.6. The third-order valence-electron chi connectivity index (χ3n) is 7.30. The molecule has 0 saturated carbocycles. The normalized spacial score (nSPS) is 14.6. The molecule has 2 aliphatic rings. The number of ether oxygens (including phenoxy) is 3. The van der Waals surface area contributed by atoms with Crippen LogP contribution in [0.2, 0.25) is 0 Å². The Morgan fingerprint density at radius 3 is 2.57 bits per heavy atom. The predicted molar refractivity (Wildman–Crippen MR) is 151 cm³/mol. The van der Waals surface area contributed by atoms with Gasteiger partial charge in [-0.25, -0.2) is 9.07 Å². The molecule has 0 unspecified atom stereocenters. The summed E-state index contributed by atoms with van der Waals surface area (Å²) in [7, 11) is 0. The van der Waals surface area contributed by atoms with E-state index >= 15 is 0 Å². The number of ketones is 1. The first-order valence-electron chi connectivity index (χ1n) is 13.3. The average Bonchev–Trinajstić information content (AvgIpc) is 3.57. The number of rotatable bonds is 8. The SMILES string of the molecule is Cc1cc(Oc2ccccc2F)ccc1-n1ncc(C(=O)C2=Cc3cc(OC(F)F)c(N4CCOCC4)cc3C2)c1N. The Hall–Kier alpha value is -4.77. The molecule has 216 valence electrons. The number of nitrogens with zero attached hydrogens (tertiary/aromatic N) is 3. The van der Waals surface area contributed by atoms with Gasteiger partial charge in [0.15, 0.2) is 17.3 Å². The molecule has 3 aromatic carbocycles. The number of halogens is 3. The van der Waals surface area contributed by atoms with Crippen LogP contribution in [0, 0.1) is 12.7 Å². The van der Waals surface area contributed by atoms with Crippen molar-refractivity contribution in [1.82, 2.24) is 9.78 Å². The van der Waals surface area contributed by atoms with Crippen LogP contribution in [0.15, 0.2) is 66.4 Å². The highest BCUT2D eigenvalue weighted by Gasteiger charge is 2.27. The number of alkyl halides is 2. The first-order valence-corrected chi connectivity index (χ1v) is 13.3. The number of carbonyl (C=O) groups is 1. The number of allylic oxidation sites excluding steroid dienone is 1. The van der Waals surface area contributed by atoms with E-state index in [1.54, 1.807) is 48.5 Å². The molecule has 1 saturated heterocycles. The predicted octanol–water partition coefficient (Wildman–Crippen LogP) is 5.95. The summed E-state index contributed by atoms with van der Waals surface area (Å²) in [5, 5.41) is 4.36. The molecule has 42 heavy (non-hydrogen) atoms. The van der Waals surface area contributed by atoms with E-state index in [0.717, 1.165) is 11.1 Å². The van der Waals surface area contributed by atoms with Gasteiger partial charge in [0.2, 0.25) is 0 Å². The minimum absolute atomic E-state index is 0.0563. The number of para-hydroxylation sites is 1. The third-order valence-corrected chi connectivity index (χ3v) is 7.30. The summed E-state index contributed by atoms with van der Waals surface area (Å²) >= 11 is 0. The van der Waals surface area contributed by atoms with E-state index in [1.807, 2.05) is 11.8 Å². The van der Waals surface area contributed by atoms with E-state index in [2.05, 4.69) is 5.10 Å². The summed E-state index contributed by atoms with van der Waals surface area (Å²) in [6.07, 6.45) is 3.40. The fraction of sp³-hybridized carbons (Fsp3) is 0.226. The van der Waals surface area contributed by atoms with Gasteiger partial charge in [-0.1, -0.05) is 12.1 Å². The Labute approximate surface area is 239 Å². The van der Waals surface area contributed by atoms with Crippen LogP contribution in [0.5, 0.6) is 17.2 Å². The van der Waals surface area contributed by atoms with Crippen molar-refractivity contribution in [3.8, 4) is 22.9 Å². The number of aromatic nitrogens is 2. The maximum absolute atomic E-state index is 14.0. The molecule has 4 aromatic rings. The minimum atomic E-state index is -2.98. The second-order valence-electron chi connectivity index (χ2n) is 10.0. The summed E-state index contributed by atoms with van der Waals surface area (Å²) < 4.78 is 57.8. The van der Waals surface area contributed by atoms with Gasteiger partial charge >= 0.3 is 6.61 Å². The number of anilines is 2. The zero-order valence-electron chi connectivity index (χ0n) is 22.6. The van der Waals surface area contributed by atoms with E-state index in [-0.39, 0.29) is 28.7 Å². The molecule has 6 rings (SSSR count). The standard InChI is InChI=1S/C31H27F3N4O4/c1-18-12-22(41-27-5-3-2-4-24(27)32)6-7-25(18)38-30(35)23(17-36-38)29(39)21-13-19-15-26(37-8-10-40-11-9-37)28(42-31(33)34)16-20(19)14-21/h2-7,12,14-17,31H,8-11,13,35H2,1H3. The lowest BCUT2D eigenvalue weighted by molar-refractivity contribution is -0.0496. The summed E-state index contributed by atoms with van der Waals surface area (Å²) in [4.78, 5) is 15.5. The van der Waals surface area contributed by atoms with E-state index in [0.29, 0.717) is 61.0 Å². The number of benzene rings is 3.